The van der Waals surface area contributed by atoms with Crippen molar-refractivity contribution in [1.29, 1.82) is 0 Å². The van der Waals surface area contributed by atoms with E-state index in [0.29, 0.717) is 5.56 Å². The Morgan fingerprint density at radius 3 is 2.12 bits per heavy atom. The molecule has 2 aromatic rings. The summed E-state index contributed by atoms with van der Waals surface area (Å²) in [5.41, 5.74) is 3.88. The summed E-state index contributed by atoms with van der Waals surface area (Å²) in [4.78, 5) is 24.5. The van der Waals surface area contributed by atoms with Gasteiger partial charge in [0.05, 0.1) is 6.21 Å². The van der Waals surface area contributed by atoms with Crippen LogP contribution in [-0.4, -0.2) is 24.1 Å². The molecule has 1 unspecified atom stereocenters. The lowest BCUT2D eigenvalue weighted by atomic mass is 10.0. The third kappa shape index (κ3) is 5.05. The molecule has 0 bridgehead atoms. The molecule has 1 atom stereocenters. The van der Waals surface area contributed by atoms with Crippen molar-refractivity contribution >= 4 is 18.0 Å². The van der Waals surface area contributed by atoms with Gasteiger partial charge in [-0.25, -0.2) is 5.43 Å². The molecule has 5 heteroatoms. The zero-order chi connectivity index (χ0) is 17.4. The highest BCUT2D eigenvalue weighted by Crippen LogP contribution is 2.05. The number of carbonyl (C=O) groups is 2. The summed E-state index contributed by atoms with van der Waals surface area (Å²) >= 11 is 0. The zero-order valence-electron chi connectivity index (χ0n) is 13.8. The maximum absolute atomic E-state index is 12.3. The quantitative estimate of drug-likeness (QED) is 0.633. The van der Waals surface area contributed by atoms with Crippen LogP contribution in [0.15, 0.2) is 65.8 Å². The number of hydrogen-bond donors (Lipinski definition) is 2. The molecule has 0 fully saturated rings. The summed E-state index contributed by atoms with van der Waals surface area (Å²) in [5, 5.41) is 6.71. The molecule has 2 N–H and O–H groups in total. The van der Waals surface area contributed by atoms with E-state index in [1.54, 1.807) is 30.5 Å². The van der Waals surface area contributed by atoms with Crippen LogP contribution in [0.5, 0.6) is 0 Å². The van der Waals surface area contributed by atoms with Gasteiger partial charge in [0.2, 0.25) is 0 Å². The Kier molecular flexibility index (Phi) is 6.25. The maximum atomic E-state index is 12.3. The van der Waals surface area contributed by atoms with Crippen molar-refractivity contribution in [3.63, 3.8) is 0 Å². The summed E-state index contributed by atoms with van der Waals surface area (Å²) in [7, 11) is 0. The minimum absolute atomic E-state index is 0.0652. The molecule has 0 radical (unpaired) electrons. The normalized spacial score (nSPS) is 12.1. The standard InChI is InChI=1S/C19H21N3O2/c1-14(2)17(21-18(23)16-11-7-4-8-12-16)19(24)22-20-13-15-9-5-3-6-10-15/h3-14,17H,1-2H3,(H,21,23)(H,22,24). The van der Waals surface area contributed by atoms with Crippen molar-refractivity contribution in [3.8, 4) is 0 Å². The maximum Gasteiger partial charge on any atom is 0.262 e. The first-order valence-electron chi connectivity index (χ1n) is 7.82. The summed E-state index contributed by atoms with van der Waals surface area (Å²) in [6.45, 7) is 3.74. The highest BCUT2D eigenvalue weighted by molar-refractivity contribution is 5.97. The number of rotatable bonds is 6. The molecule has 2 rings (SSSR count). The number of carbonyl (C=O) groups excluding carboxylic acids is 2. The van der Waals surface area contributed by atoms with Gasteiger partial charge in [0.1, 0.15) is 6.04 Å². The predicted octanol–water partition coefficient (Wildman–Crippen LogP) is 2.59. The Hall–Kier alpha value is -2.95. The van der Waals surface area contributed by atoms with E-state index in [4.69, 9.17) is 0 Å². The van der Waals surface area contributed by atoms with Gasteiger partial charge in [-0.15, -0.1) is 0 Å². The SMILES string of the molecule is CC(C)C(NC(=O)c1ccccc1)C(=O)NN=Cc1ccccc1. The van der Waals surface area contributed by atoms with E-state index in [2.05, 4.69) is 15.8 Å². The Morgan fingerprint density at radius 1 is 0.958 bits per heavy atom. The van der Waals surface area contributed by atoms with Crippen molar-refractivity contribution in [1.82, 2.24) is 10.7 Å². The molecule has 0 saturated heterocycles. The van der Waals surface area contributed by atoms with Gasteiger partial charge in [-0.3, -0.25) is 9.59 Å². The van der Waals surface area contributed by atoms with Gasteiger partial charge < -0.3 is 5.32 Å². The molecule has 0 spiro atoms. The van der Waals surface area contributed by atoms with Crippen LogP contribution < -0.4 is 10.7 Å². The first kappa shape index (κ1) is 17.4. The monoisotopic (exact) mass is 323 g/mol. The lowest BCUT2D eigenvalue weighted by Crippen LogP contribution is -2.48. The fourth-order valence-corrected chi connectivity index (χ4v) is 2.13. The first-order chi connectivity index (χ1) is 11.6. The third-order valence-electron chi connectivity index (χ3n) is 3.46. The molecule has 0 aromatic heterocycles. The van der Waals surface area contributed by atoms with Crippen molar-refractivity contribution in [2.24, 2.45) is 11.0 Å². The second-order valence-electron chi connectivity index (χ2n) is 5.71. The summed E-state index contributed by atoms with van der Waals surface area (Å²) < 4.78 is 0. The molecule has 2 amide bonds. The summed E-state index contributed by atoms with van der Waals surface area (Å²) in [6, 6.07) is 17.6. The Labute approximate surface area is 141 Å². The fraction of sp³-hybridized carbons (Fsp3) is 0.211. The van der Waals surface area contributed by atoms with Crippen LogP contribution in [0.1, 0.15) is 29.8 Å². The molecular formula is C19H21N3O2. The van der Waals surface area contributed by atoms with E-state index < -0.39 is 6.04 Å². The second kappa shape index (κ2) is 8.62. The topological polar surface area (TPSA) is 70.6 Å². The molecule has 0 aliphatic rings. The minimum Gasteiger partial charge on any atom is -0.340 e. The van der Waals surface area contributed by atoms with Crippen molar-refractivity contribution in [2.75, 3.05) is 0 Å². The average molecular weight is 323 g/mol. The van der Waals surface area contributed by atoms with Crippen LogP contribution in [0.4, 0.5) is 0 Å². The van der Waals surface area contributed by atoms with E-state index in [1.165, 1.54) is 0 Å². The van der Waals surface area contributed by atoms with Crippen LogP contribution in [0.3, 0.4) is 0 Å². The van der Waals surface area contributed by atoms with Gasteiger partial charge in [0, 0.05) is 5.56 Å². The second-order valence-corrected chi connectivity index (χ2v) is 5.71. The number of nitrogens with one attached hydrogen (secondary N) is 2. The average Bonchev–Trinajstić information content (AvgIpc) is 2.60. The number of hydrazone groups is 1. The highest BCUT2D eigenvalue weighted by atomic mass is 16.2. The van der Waals surface area contributed by atoms with Crippen LogP contribution in [-0.2, 0) is 4.79 Å². The van der Waals surface area contributed by atoms with Crippen LogP contribution in [0.25, 0.3) is 0 Å². The van der Waals surface area contributed by atoms with Gasteiger partial charge >= 0.3 is 0 Å². The number of nitrogens with zero attached hydrogens (tertiary/aromatic N) is 1. The van der Waals surface area contributed by atoms with Crippen LogP contribution >= 0.6 is 0 Å². The van der Waals surface area contributed by atoms with Crippen molar-refractivity contribution < 1.29 is 9.59 Å². The Balaban J connectivity index is 1.98. The molecule has 0 aliphatic heterocycles. The van der Waals surface area contributed by atoms with Gasteiger partial charge in [0.25, 0.3) is 11.8 Å². The molecule has 0 saturated carbocycles. The molecule has 124 valence electrons. The fourth-order valence-electron chi connectivity index (χ4n) is 2.13. The molecule has 5 nitrogen and oxygen atoms in total. The highest BCUT2D eigenvalue weighted by Gasteiger charge is 2.24. The first-order valence-corrected chi connectivity index (χ1v) is 7.82. The van der Waals surface area contributed by atoms with E-state index in [-0.39, 0.29) is 17.7 Å². The minimum atomic E-state index is -0.661. The molecule has 0 aliphatic carbocycles. The van der Waals surface area contributed by atoms with Gasteiger partial charge in [0.15, 0.2) is 0 Å². The predicted molar refractivity (Wildman–Crippen MR) is 94.7 cm³/mol. The van der Waals surface area contributed by atoms with Crippen LogP contribution in [0, 0.1) is 5.92 Å². The van der Waals surface area contributed by atoms with Gasteiger partial charge in [-0.2, -0.15) is 5.10 Å². The van der Waals surface area contributed by atoms with E-state index in [9.17, 15) is 9.59 Å². The Morgan fingerprint density at radius 2 is 1.54 bits per heavy atom. The molecule has 24 heavy (non-hydrogen) atoms. The molecule has 0 heterocycles. The van der Waals surface area contributed by atoms with Gasteiger partial charge in [-0.1, -0.05) is 62.4 Å². The zero-order valence-corrected chi connectivity index (χ0v) is 13.8. The largest absolute Gasteiger partial charge is 0.340 e. The lowest BCUT2D eigenvalue weighted by Gasteiger charge is -2.20. The number of hydrogen-bond acceptors (Lipinski definition) is 3. The Bertz CT molecular complexity index is 697. The lowest BCUT2D eigenvalue weighted by molar-refractivity contribution is -0.123. The van der Waals surface area contributed by atoms with E-state index in [0.717, 1.165) is 5.56 Å². The van der Waals surface area contributed by atoms with Crippen molar-refractivity contribution in [2.45, 2.75) is 19.9 Å². The summed E-state index contributed by atoms with van der Waals surface area (Å²) in [5.74, 6) is -0.692. The van der Waals surface area contributed by atoms with E-state index in [1.807, 2.05) is 50.2 Å². The number of amides is 2. The third-order valence-corrected chi connectivity index (χ3v) is 3.46. The van der Waals surface area contributed by atoms with E-state index >= 15 is 0 Å². The molecule has 2 aromatic carbocycles. The van der Waals surface area contributed by atoms with Gasteiger partial charge in [-0.05, 0) is 23.6 Å². The van der Waals surface area contributed by atoms with Crippen LogP contribution in [0.2, 0.25) is 0 Å². The number of benzene rings is 2. The van der Waals surface area contributed by atoms with Crippen molar-refractivity contribution in [3.05, 3.63) is 71.8 Å². The summed E-state index contributed by atoms with van der Waals surface area (Å²) in [6.07, 6.45) is 1.56. The molecular weight excluding hydrogens is 302 g/mol. The smallest absolute Gasteiger partial charge is 0.262 e.